The molecular weight excluding hydrogens is 246 g/mol. The van der Waals surface area contributed by atoms with Crippen molar-refractivity contribution in [3.05, 3.63) is 23.5 Å². The summed E-state index contributed by atoms with van der Waals surface area (Å²) in [5.74, 6) is -1.33. The van der Waals surface area contributed by atoms with Crippen LogP contribution in [0, 0.1) is 19.8 Å². The van der Waals surface area contributed by atoms with E-state index in [4.69, 9.17) is 5.11 Å². The number of urea groups is 1. The van der Waals surface area contributed by atoms with Gasteiger partial charge in [-0.05, 0) is 32.4 Å². The van der Waals surface area contributed by atoms with E-state index in [0.717, 1.165) is 11.4 Å². The van der Waals surface area contributed by atoms with Crippen molar-refractivity contribution in [3.8, 4) is 0 Å². The van der Waals surface area contributed by atoms with Crippen molar-refractivity contribution in [2.75, 3.05) is 11.9 Å². The van der Waals surface area contributed by atoms with E-state index in [1.165, 1.54) is 0 Å². The number of aromatic nitrogens is 1. The third-order valence-corrected chi connectivity index (χ3v) is 2.76. The zero-order chi connectivity index (χ0) is 14.4. The molecule has 1 unspecified atom stereocenters. The SMILES string of the molecule is Cc1ccc(NC(=O)NCCC(C)C(=O)O)c(C)n1. The highest BCUT2D eigenvalue weighted by Crippen LogP contribution is 2.12. The van der Waals surface area contributed by atoms with Crippen LogP contribution in [0.2, 0.25) is 0 Å². The number of anilines is 1. The second-order valence-corrected chi connectivity index (χ2v) is 4.49. The Balaban J connectivity index is 2.41. The van der Waals surface area contributed by atoms with E-state index in [1.54, 1.807) is 13.0 Å². The summed E-state index contributed by atoms with van der Waals surface area (Å²) in [5, 5.41) is 14.0. The number of carboxylic acids is 1. The molecule has 1 rings (SSSR count). The molecule has 3 N–H and O–H groups in total. The number of aliphatic carboxylic acids is 1. The normalized spacial score (nSPS) is 11.7. The van der Waals surface area contributed by atoms with E-state index in [9.17, 15) is 9.59 Å². The average Bonchev–Trinajstić information content (AvgIpc) is 2.32. The van der Waals surface area contributed by atoms with E-state index >= 15 is 0 Å². The molecule has 0 aliphatic rings. The van der Waals surface area contributed by atoms with Crippen LogP contribution < -0.4 is 10.6 Å². The molecule has 0 aliphatic carbocycles. The number of carbonyl (C=O) groups excluding carboxylic acids is 1. The zero-order valence-electron chi connectivity index (χ0n) is 11.4. The third-order valence-electron chi connectivity index (χ3n) is 2.76. The van der Waals surface area contributed by atoms with E-state index < -0.39 is 11.9 Å². The minimum absolute atomic E-state index is 0.317. The topological polar surface area (TPSA) is 91.3 Å². The fourth-order valence-corrected chi connectivity index (χ4v) is 1.51. The van der Waals surface area contributed by atoms with Crippen LogP contribution in [-0.4, -0.2) is 28.6 Å². The van der Waals surface area contributed by atoms with E-state index in [-0.39, 0.29) is 6.03 Å². The number of hydrogen-bond donors (Lipinski definition) is 3. The molecule has 0 saturated heterocycles. The maximum Gasteiger partial charge on any atom is 0.319 e. The summed E-state index contributed by atoms with van der Waals surface area (Å²) in [6.07, 6.45) is 0.397. The van der Waals surface area contributed by atoms with Crippen molar-refractivity contribution in [2.45, 2.75) is 27.2 Å². The van der Waals surface area contributed by atoms with Crippen LogP contribution in [-0.2, 0) is 4.79 Å². The molecule has 0 spiro atoms. The van der Waals surface area contributed by atoms with Crippen LogP contribution in [0.15, 0.2) is 12.1 Å². The fraction of sp³-hybridized carbons (Fsp3) is 0.462. The van der Waals surface area contributed by atoms with Gasteiger partial charge >= 0.3 is 12.0 Å². The number of carboxylic acid groups (broad SMARTS) is 1. The highest BCUT2D eigenvalue weighted by atomic mass is 16.4. The van der Waals surface area contributed by atoms with Gasteiger partial charge in [0.1, 0.15) is 0 Å². The Morgan fingerprint density at radius 2 is 2.05 bits per heavy atom. The zero-order valence-corrected chi connectivity index (χ0v) is 11.4. The Hall–Kier alpha value is -2.11. The van der Waals surface area contributed by atoms with E-state index in [1.807, 2.05) is 19.9 Å². The van der Waals surface area contributed by atoms with Gasteiger partial charge in [0, 0.05) is 12.2 Å². The Bertz CT molecular complexity index is 474. The van der Waals surface area contributed by atoms with Gasteiger partial charge in [-0.25, -0.2) is 4.79 Å². The first-order valence-corrected chi connectivity index (χ1v) is 6.12. The summed E-state index contributed by atoms with van der Waals surface area (Å²) in [5.41, 5.74) is 2.28. The van der Waals surface area contributed by atoms with Gasteiger partial charge in [0.15, 0.2) is 0 Å². The van der Waals surface area contributed by atoms with E-state index in [0.29, 0.717) is 18.7 Å². The third kappa shape index (κ3) is 4.95. The van der Waals surface area contributed by atoms with Gasteiger partial charge in [-0.15, -0.1) is 0 Å². The standard InChI is InChI=1S/C13H19N3O3/c1-8(12(17)18)6-7-14-13(19)16-11-5-4-9(2)15-10(11)3/h4-5,8H,6-7H2,1-3H3,(H,17,18)(H2,14,16,19). The molecule has 0 saturated carbocycles. The molecular formula is C13H19N3O3. The molecule has 19 heavy (non-hydrogen) atoms. The Kier molecular flexibility index (Phi) is 5.29. The van der Waals surface area contributed by atoms with Crippen LogP contribution in [0.25, 0.3) is 0 Å². The maximum atomic E-state index is 11.6. The maximum absolute atomic E-state index is 11.6. The van der Waals surface area contributed by atoms with Crippen LogP contribution in [0.1, 0.15) is 24.7 Å². The molecule has 0 radical (unpaired) electrons. The molecule has 1 atom stereocenters. The van der Waals surface area contributed by atoms with Gasteiger partial charge in [0.05, 0.1) is 17.3 Å². The predicted octanol–water partition coefficient (Wildman–Crippen LogP) is 1.93. The molecule has 6 nitrogen and oxygen atoms in total. The molecule has 0 aliphatic heterocycles. The van der Waals surface area contributed by atoms with Crippen molar-refractivity contribution < 1.29 is 14.7 Å². The number of carbonyl (C=O) groups is 2. The molecule has 0 fully saturated rings. The van der Waals surface area contributed by atoms with Crippen LogP contribution in [0.5, 0.6) is 0 Å². The van der Waals surface area contributed by atoms with E-state index in [2.05, 4.69) is 15.6 Å². The first-order valence-electron chi connectivity index (χ1n) is 6.12. The lowest BCUT2D eigenvalue weighted by Crippen LogP contribution is -2.31. The minimum atomic E-state index is -0.860. The van der Waals surface area contributed by atoms with Crippen LogP contribution >= 0.6 is 0 Å². The number of pyridine rings is 1. The van der Waals surface area contributed by atoms with Crippen molar-refractivity contribution >= 4 is 17.7 Å². The second kappa shape index (κ2) is 6.72. The minimum Gasteiger partial charge on any atom is -0.481 e. The summed E-state index contributed by atoms with van der Waals surface area (Å²) in [4.78, 5) is 26.4. The van der Waals surface area contributed by atoms with Crippen molar-refractivity contribution in [1.82, 2.24) is 10.3 Å². The van der Waals surface area contributed by atoms with Crippen molar-refractivity contribution in [2.24, 2.45) is 5.92 Å². The fourth-order valence-electron chi connectivity index (χ4n) is 1.51. The van der Waals surface area contributed by atoms with Crippen molar-refractivity contribution in [3.63, 3.8) is 0 Å². The van der Waals surface area contributed by atoms with Crippen LogP contribution in [0.4, 0.5) is 10.5 Å². The lowest BCUT2D eigenvalue weighted by Gasteiger charge is -2.11. The average molecular weight is 265 g/mol. The van der Waals surface area contributed by atoms with Gasteiger partial charge < -0.3 is 15.7 Å². The Morgan fingerprint density at radius 3 is 2.63 bits per heavy atom. The molecule has 6 heteroatoms. The summed E-state index contributed by atoms with van der Waals surface area (Å²) >= 11 is 0. The van der Waals surface area contributed by atoms with Crippen molar-refractivity contribution in [1.29, 1.82) is 0 Å². The predicted molar refractivity (Wildman–Crippen MR) is 72.1 cm³/mol. The Labute approximate surface area is 112 Å². The monoisotopic (exact) mass is 265 g/mol. The van der Waals surface area contributed by atoms with Gasteiger partial charge in [0.25, 0.3) is 0 Å². The van der Waals surface area contributed by atoms with Gasteiger partial charge in [0.2, 0.25) is 0 Å². The second-order valence-electron chi connectivity index (χ2n) is 4.49. The quantitative estimate of drug-likeness (QED) is 0.758. The molecule has 1 aromatic heterocycles. The molecule has 0 bridgehead atoms. The number of amides is 2. The van der Waals surface area contributed by atoms with Gasteiger partial charge in [-0.1, -0.05) is 6.92 Å². The molecule has 1 heterocycles. The summed E-state index contributed by atoms with van der Waals surface area (Å²) in [6, 6.07) is 3.25. The molecule has 0 aromatic carbocycles. The lowest BCUT2D eigenvalue weighted by atomic mass is 10.1. The number of nitrogens with zero attached hydrogens (tertiary/aromatic N) is 1. The van der Waals surface area contributed by atoms with Gasteiger partial charge in [-0.3, -0.25) is 9.78 Å². The molecule has 1 aromatic rings. The highest BCUT2D eigenvalue weighted by molar-refractivity contribution is 5.89. The number of rotatable bonds is 5. The van der Waals surface area contributed by atoms with Gasteiger partial charge in [-0.2, -0.15) is 0 Å². The number of hydrogen-bond acceptors (Lipinski definition) is 3. The summed E-state index contributed by atoms with van der Waals surface area (Å²) in [7, 11) is 0. The van der Waals surface area contributed by atoms with Crippen LogP contribution in [0.3, 0.4) is 0 Å². The Morgan fingerprint density at radius 1 is 1.37 bits per heavy atom. The summed E-state index contributed by atoms with van der Waals surface area (Å²) in [6.45, 7) is 5.62. The molecule has 2 amide bonds. The number of nitrogens with one attached hydrogen (secondary N) is 2. The first kappa shape index (κ1) is 14.9. The summed E-state index contributed by atoms with van der Waals surface area (Å²) < 4.78 is 0. The molecule has 104 valence electrons. The number of aryl methyl sites for hydroxylation is 2. The largest absolute Gasteiger partial charge is 0.481 e. The lowest BCUT2D eigenvalue weighted by molar-refractivity contribution is -0.141. The first-order chi connectivity index (χ1) is 8.90. The smallest absolute Gasteiger partial charge is 0.319 e. The highest BCUT2D eigenvalue weighted by Gasteiger charge is 2.11.